The summed E-state index contributed by atoms with van der Waals surface area (Å²) in [6.45, 7) is 2.72. The molecule has 2 amide bonds. The minimum atomic E-state index is -0.172. The number of rotatable bonds is 4. The fraction of sp³-hybridized carbons (Fsp3) is 0.393. The highest BCUT2D eigenvalue weighted by atomic mass is 35.5. The Labute approximate surface area is 221 Å². The van der Waals surface area contributed by atoms with E-state index in [0.717, 1.165) is 36.9 Å². The average Bonchev–Trinajstić information content (AvgIpc) is 2.92. The molecule has 1 saturated carbocycles. The molecule has 3 aliphatic rings. The van der Waals surface area contributed by atoms with E-state index in [1.54, 1.807) is 23.1 Å². The Morgan fingerprint density at radius 2 is 1.69 bits per heavy atom. The van der Waals surface area contributed by atoms with Crippen molar-refractivity contribution in [2.45, 2.75) is 38.3 Å². The molecule has 6 nitrogen and oxygen atoms in total. The molecule has 2 aromatic carbocycles. The number of piperazine rings is 1. The number of fused-ring (bicyclic) bond motifs is 1. The van der Waals surface area contributed by atoms with Gasteiger partial charge in [-0.2, -0.15) is 5.26 Å². The summed E-state index contributed by atoms with van der Waals surface area (Å²) in [4.78, 5) is 32.6. The van der Waals surface area contributed by atoms with Crippen molar-refractivity contribution in [2.24, 2.45) is 5.92 Å². The molecule has 0 radical (unpaired) electrons. The van der Waals surface area contributed by atoms with Crippen LogP contribution >= 0.6 is 23.2 Å². The zero-order valence-corrected chi connectivity index (χ0v) is 21.5. The largest absolute Gasteiger partial charge is 0.370 e. The first-order chi connectivity index (χ1) is 17.5. The Kier molecular flexibility index (Phi) is 7.22. The van der Waals surface area contributed by atoms with Gasteiger partial charge in [0.15, 0.2) is 0 Å². The topological polar surface area (TPSA) is 67.7 Å². The first kappa shape index (κ1) is 24.7. The minimum Gasteiger partial charge on any atom is -0.370 e. The molecular weight excluding hydrogens is 495 g/mol. The van der Waals surface area contributed by atoms with Gasteiger partial charge in [0.25, 0.3) is 11.8 Å². The van der Waals surface area contributed by atoms with Crippen LogP contribution in [-0.4, -0.2) is 58.7 Å². The third-order valence-electron chi connectivity index (χ3n) is 7.59. The molecule has 0 aromatic heterocycles. The number of carbonyl (C=O) groups is 2. The van der Waals surface area contributed by atoms with Gasteiger partial charge >= 0.3 is 0 Å². The van der Waals surface area contributed by atoms with Crippen LogP contribution in [0.5, 0.6) is 0 Å². The number of nitrogens with zero attached hydrogens (tertiary/aromatic N) is 4. The van der Waals surface area contributed by atoms with E-state index in [9.17, 15) is 14.9 Å². The Balaban J connectivity index is 1.37. The second-order valence-corrected chi connectivity index (χ2v) is 10.5. The molecule has 2 atom stereocenters. The van der Waals surface area contributed by atoms with Crippen LogP contribution in [0, 0.1) is 17.2 Å². The lowest BCUT2D eigenvalue weighted by molar-refractivity contribution is -0.133. The molecule has 8 heteroatoms. The standard InChI is InChI=1S/C28H28Cl2N4O2/c29-23-11-10-20(16-24(23)30)27(35)33-14-12-32(13-15-33)26-21-8-4-5-9-25(21)34(28(36)22(26)17-31)18-19-6-2-1-3-7-19/h1-3,6-7,10-11,16,21,25H,4-5,8-9,12-15,18H2. The molecule has 2 unspecified atom stereocenters. The Morgan fingerprint density at radius 3 is 2.39 bits per heavy atom. The summed E-state index contributed by atoms with van der Waals surface area (Å²) in [5, 5.41) is 10.9. The van der Waals surface area contributed by atoms with Crippen molar-refractivity contribution in [3.8, 4) is 6.07 Å². The van der Waals surface area contributed by atoms with Crippen molar-refractivity contribution in [2.75, 3.05) is 26.2 Å². The molecule has 0 N–H and O–H groups in total. The molecule has 0 spiro atoms. The summed E-state index contributed by atoms with van der Waals surface area (Å²) in [5.74, 6) is -0.118. The maximum atomic E-state index is 13.6. The quantitative estimate of drug-likeness (QED) is 0.558. The summed E-state index contributed by atoms with van der Waals surface area (Å²) < 4.78 is 0. The molecule has 2 heterocycles. The van der Waals surface area contributed by atoms with E-state index in [4.69, 9.17) is 23.2 Å². The van der Waals surface area contributed by atoms with Gasteiger partial charge < -0.3 is 14.7 Å². The minimum absolute atomic E-state index is 0.0907. The van der Waals surface area contributed by atoms with Gasteiger partial charge in [0.1, 0.15) is 11.6 Å². The van der Waals surface area contributed by atoms with Gasteiger partial charge in [-0.3, -0.25) is 9.59 Å². The van der Waals surface area contributed by atoms with Crippen LogP contribution in [0.2, 0.25) is 10.0 Å². The monoisotopic (exact) mass is 522 g/mol. The van der Waals surface area contributed by atoms with E-state index in [1.807, 2.05) is 35.2 Å². The highest BCUT2D eigenvalue weighted by molar-refractivity contribution is 6.42. The first-order valence-electron chi connectivity index (χ1n) is 12.5. The van der Waals surface area contributed by atoms with Crippen LogP contribution in [-0.2, 0) is 11.3 Å². The summed E-state index contributed by atoms with van der Waals surface area (Å²) in [6, 6.07) is 17.3. The number of nitriles is 1. The van der Waals surface area contributed by atoms with Crippen LogP contribution in [0.3, 0.4) is 0 Å². The van der Waals surface area contributed by atoms with Gasteiger partial charge in [-0.1, -0.05) is 66.4 Å². The third kappa shape index (κ3) is 4.70. The van der Waals surface area contributed by atoms with E-state index < -0.39 is 0 Å². The number of hydrogen-bond donors (Lipinski definition) is 0. The molecular formula is C28H28Cl2N4O2. The van der Waals surface area contributed by atoms with Gasteiger partial charge in [0.2, 0.25) is 0 Å². The normalized spacial score (nSPS) is 22.4. The van der Waals surface area contributed by atoms with Crippen LogP contribution in [0.4, 0.5) is 0 Å². The van der Waals surface area contributed by atoms with Crippen molar-refractivity contribution in [1.29, 1.82) is 5.26 Å². The molecule has 1 saturated heterocycles. The number of halogens is 2. The van der Waals surface area contributed by atoms with Gasteiger partial charge in [-0.15, -0.1) is 0 Å². The lowest BCUT2D eigenvalue weighted by atomic mass is 9.76. The van der Waals surface area contributed by atoms with Crippen molar-refractivity contribution in [3.63, 3.8) is 0 Å². The molecule has 186 valence electrons. The first-order valence-corrected chi connectivity index (χ1v) is 13.2. The van der Waals surface area contributed by atoms with E-state index in [1.165, 1.54) is 0 Å². The Hall–Kier alpha value is -3.01. The van der Waals surface area contributed by atoms with E-state index in [-0.39, 0.29) is 29.3 Å². The highest BCUT2D eigenvalue weighted by Gasteiger charge is 2.45. The van der Waals surface area contributed by atoms with Crippen LogP contribution in [0.25, 0.3) is 0 Å². The molecule has 36 heavy (non-hydrogen) atoms. The summed E-state index contributed by atoms with van der Waals surface area (Å²) in [7, 11) is 0. The van der Waals surface area contributed by atoms with Crippen molar-refractivity contribution >= 4 is 35.0 Å². The smallest absolute Gasteiger partial charge is 0.266 e. The Morgan fingerprint density at radius 1 is 0.972 bits per heavy atom. The average molecular weight is 523 g/mol. The number of amides is 2. The van der Waals surface area contributed by atoms with Gasteiger partial charge in [0, 0.05) is 55.9 Å². The molecule has 5 rings (SSSR count). The van der Waals surface area contributed by atoms with Gasteiger partial charge in [-0.05, 0) is 36.6 Å². The third-order valence-corrected chi connectivity index (χ3v) is 8.33. The zero-order chi connectivity index (χ0) is 25.2. The summed E-state index contributed by atoms with van der Waals surface area (Å²) >= 11 is 12.1. The second-order valence-electron chi connectivity index (χ2n) is 9.66. The maximum Gasteiger partial charge on any atom is 0.266 e. The van der Waals surface area contributed by atoms with E-state index in [0.29, 0.717) is 48.3 Å². The van der Waals surface area contributed by atoms with Crippen LogP contribution < -0.4 is 0 Å². The molecule has 2 aliphatic heterocycles. The number of carbonyl (C=O) groups excluding carboxylic acids is 2. The van der Waals surface area contributed by atoms with E-state index >= 15 is 0 Å². The summed E-state index contributed by atoms with van der Waals surface area (Å²) in [6.07, 6.45) is 4.08. The second kappa shape index (κ2) is 10.5. The molecule has 0 bridgehead atoms. The highest BCUT2D eigenvalue weighted by Crippen LogP contribution is 2.41. The molecule has 2 fully saturated rings. The fourth-order valence-corrected chi connectivity index (χ4v) is 6.12. The predicted molar refractivity (Wildman–Crippen MR) is 139 cm³/mol. The van der Waals surface area contributed by atoms with Gasteiger partial charge in [0.05, 0.1) is 10.0 Å². The lowest BCUT2D eigenvalue weighted by Gasteiger charge is -2.49. The zero-order valence-electron chi connectivity index (χ0n) is 20.0. The fourth-order valence-electron chi connectivity index (χ4n) is 5.82. The van der Waals surface area contributed by atoms with Crippen LogP contribution in [0.1, 0.15) is 41.6 Å². The van der Waals surface area contributed by atoms with Crippen molar-refractivity contribution in [3.05, 3.63) is 81.0 Å². The predicted octanol–water partition coefficient (Wildman–Crippen LogP) is 5.13. The lowest BCUT2D eigenvalue weighted by Crippen LogP contribution is -2.56. The van der Waals surface area contributed by atoms with E-state index in [2.05, 4.69) is 11.0 Å². The van der Waals surface area contributed by atoms with Crippen molar-refractivity contribution < 1.29 is 9.59 Å². The molecule has 1 aliphatic carbocycles. The molecule has 2 aromatic rings. The number of hydrogen-bond acceptors (Lipinski definition) is 4. The maximum absolute atomic E-state index is 13.6. The SMILES string of the molecule is N#CC1=C(N2CCN(C(=O)c3ccc(Cl)c(Cl)c3)CC2)C2CCCCC2N(Cc2ccccc2)C1=O. The Bertz CT molecular complexity index is 1230. The van der Waals surface area contributed by atoms with Crippen molar-refractivity contribution in [1.82, 2.24) is 14.7 Å². The van der Waals surface area contributed by atoms with Gasteiger partial charge in [-0.25, -0.2) is 0 Å². The number of benzene rings is 2. The summed E-state index contributed by atoms with van der Waals surface area (Å²) in [5.41, 5.74) is 2.73. The van der Waals surface area contributed by atoms with Crippen LogP contribution in [0.15, 0.2) is 59.8 Å².